The predicted octanol–water partition coefficient (Wildman–Crippen LogP) is 13.7. The number of benzene rings is 6. The first kappa shape index (κ1) is 71.0. The van der Waals surface area contributed by atoms with Crippen molar-refractivity contribution in [1.82, 2.24) is 50.2 Å². The van der Waals surface area contributed by atoms with Crippen LogP contribution in [0.3, 0.4) is 0 Å². The standard InChI is InChI=1S/C40H49ClN6O4Si.C34H35ClN6O3/c1-26-37(27(2)47(45-26)25-51-20-21-52(6,7)8)28-12-15-33(16-13-28)43-38(48)35(44-39(49)36-18-19-42-46(36)5)24-31-22-30(14-17-34(31)41)29-10-9-11-32(23-29)40(3,4)50;1-20-31(21(2)40-39-20)22-9-12-27(13-10-22)37-32(42)29(38-33(43)30-15-16-36-41(30)5)19-25-17-24(11-14-28(25)35)23-7-6-8-26(18-23)34(3,4)44/h9-19,22-23,35,50H,20-21,24-25H2,1-8H3,(H,43,48)(H,44,49);6-18,29,44H,19H2,1-5H3,(H,37,42)(H,38,43)(H,39,40)/t35-;29-/m00/s1. The van der Waals surface area contributed by atoms with Crippen molar-refractivity contribution in [3.05, 3.63) is 224 Å². The summed E-state index contributed by atoms with van der Waals surface area (Å²) in [7, 11) is 2.15. The van der Waals surface area contributed by atoms with Crippen LogP contribution in [0.2, 0.25) is 35.7 Å². The van der Waals surface area contributed by atoms with E-state index in [2.05, 4.69) is 61.3 Å². The molecule has 2 atom stereocenters. The van der Waals surface area contributed by atoms with Crippen LogP contribution in [-0.4, -0.2) is 100 Å². The molecule has 4 aromatic heterocycles. The summed E-state index contributed by atoms with van der Waals surface area (Å²) in [4.78, 5) is 54.2. The van der Waals surface area contributed by atoms with Crippen molar-refractivity contribution < 1.29 is 34.1 Å². The average molecular weight is 1350 g/mol. The Kier molecular flexibility index (Phi) is 22.3. The molecule has 22 heteroatoms. The molecule has 10 aromatic rings. The quantitative estimate of drug-likeness (QED) is 0.0234. The molecule has 0 saturated heterocycles. The number of hydrogen-bond acceptors (Lipinski definition) is 11. The SMILES string of the molecule is Cc1n[nH]c(C)c1-c1ccc(NC(=O)[C@H](Cc2cc(-c3cccc(C(C)(C)O)c3)ccc2Cl)NC(=O)c2ccnn2C)cc1.Cc1nn(COCC[Si](C)(C)C)c(C)c1-c1ccc(NC(=O)[C@H](Cc2cc(-c3cccc(C(C)(C)O)c3)ccc2Cl)NC(=O)c2ccnn2C)cc1. The van der Waals surface area contributed by atoms with Crippen molar-refractivity contribution >= 4 is 66.3 Å². The Morgan fingerprint density at radius 1 is 0.573 bits per heavy atom. The minimum Gasteiger partial charge on any atom is -0.386 e. The topological polar surface area (TPSA) is 248 Å². The first-order valence-electron chi connectivity index (χ1n) is 31.7. The maximum absolute atomic E-state index is 13.9. The number of H-pyrrole nitrogens is 1. The molecule has 19 nitrogen and oxygen atoms in total. The van der Waals surface area contributed by atoms with E-state index in [1.54, 1.807) is 66.1 Å². The molecule has 0 saturated carbocycles. The highest BCUT2D eigenvalue weighted by Crippen LogP contribution is 2.34. The molecule has 0 radical (unpaired) electrons. The number of halogens is 2. The summed E-state index contributed by atoms with van der Waals surface area (Å²) in [6.45, 7) is 23.0. The molecule has 0 spiro atoms. The minimum atomic E-state index is -1.18. The molecule has 7 N–H and O–H groups in total. The summed E-state index contributed by atoms with van der Waals surface area (Å²) in [6, 6.07) is 43.9. The van der Waals surface area contributed by atoms with Gasteiger partial charge in [-0.2, -0.15) is 20.4 Å². The van der Waals surface area contributed by atoms with E-state index in [0.717, 1.165) is 91.1 Å². The van der Waals surface area contributed by atoms with Crippen molar-refractivity contribution in [1.29, 1.82) is 0 Å². The molecule has 0 fully saturated rings. The number of anilines is 2. The van der Waals surface area contributed by atoms with Gasteiger partial charge in [-0.25, -0.2) is 4.68 Å². The summed E-state index contributed by atoms with van der Waals surface area (Å²) in [5, 5.41) is 53.9. The molecule has 6 aromatic carbocycles. The summed E-state index contributed by atoms with van der Waals surface area (Å²) in [6.07, 6.45) is 3.32. The van der Waals surface area contributed by atoms with Crippen LogP contribution in [0.4, 0.5) is 11.4 Å². The maximum atomic E-state index is 13.9. The van der Waals surface area contributed by atoms with E-state index in [-0.39, 0.29) is 12.8 Å². The molecule has 4 heterocycles. The van der Waals surface area contributed by atoms with E-state index in [9.17, 15) is 29.4 Å². The molecule has 0 aliphatic rings. The van der Waals surface area contributed by atoms with Crippen LogP contribution in [0.15, 0.2) is 158 Å². The zero-order valence-electron chi connectivity index (χ0n) is 56.5. The Morgan fingerprint density at radius 3 is 1.40 bits per heavy atom. The smallest absolute Gasteiger partial charge is 0.270 e. The molecular formula is C74H84Cl2N12O7Si. The minimum absolute atomic E-state index is 0.128. The molecule has 0 aliphatic carbocycles. The largest absolute Gasteiger partial charge is 0.386 e. The van der Waals surface area contributed by atoms with Gasteiger partial charge in [-0.3, -0.25) is 33.6 Å². The Morgan fingerprint density at radius 2 is 1.00 bits per heavy atom. The van der Waals surface area contributed by atoms with Crippen LogP contribution in [0.1, 0.15) is 93.7 Å². The number of aliphatic hydroxyl groups is 2. The second-order valence-electron chi connectivity index (χ2n) is 26.4. The zero-order chi connectivity index (χ0) is 69.4. The van der Waals surface area contributed by atoms with Crippen LogP contribution in [0.5, 0.6) is 0 Å². The van der Waals surface area contributed by atoms with Crippen molar-refractivity contribution in [2.75, 3.05) is 17.2 Å². The Bertz CT molecular complexity index is 4400. The summed E-state index contributed by atoms with van der Waals surface area (Å²) < 4.78 is 10.8. The fraction of sp³-hybridized carbons (Fsp3) is 0.297. The predicted molar refractivity (Wildman–Crippen MR) is 383 cm³/mol. The molecule has 0 unspecified atom stereocenters. The van der Waals surface area contributed by atoms with E-state index in [1.165, 1.54) is 21.8 Å². The molecule has 4 amide bonds. The molecule has 96 heavy (non-hydrogen) atoms. The first-order chi connectivity index (χ1) is 45.4. The number of aryl methyl sites for hydroxylation is 5. The highest BCUT2D eigenvalue weighted by molar-refractivity contribution is 6.76. The zero-order valence-corrected chi connectivity index (χ0v) is 59.0. The van der Waals surface area contributed by atoms with E-state index in [1.807, 2.05) is 154 Å². The fourth-order valence-corrected chi connectivity index (χ4v) is 12.3. The lowest BCUT2D eigenvalue weighted by Gasteiger charge is -2.21. The van der Waals surface area contributed by atoms with Gasteiger partial charge >= 0.3 is 0 Å². The Hall–Kier alpha value is -9.28. The molecule has 500 valence electrons. The number of amides is 4. The van der Waals surface area contributed by atoms with Gasteiger partial charge in [-0.05, 0) is 190 Å². The van der Waals surface area contributed by atoms with Crippen LogP contribution in [0.25, 0.3) is 44.5 Å². The lowest BCUT2D eigenvalue weighted by Crippen LogP contribution is -2.45. The summed E-state index contributed by atoms with van der Waals surface area (Å²) in [5.41, 5.74) is 14.0. The van der Waals surface area contributed by atoms with Gasteiger partial charge in [0.15, 0.2) is 0 Å². The van der Waals surface area contributed by atoms with Crippen LogP contribution in [-0.2, 0) is 59.2 Å². The molecule has 0 aliphatic heterocycles. The third-order valence-electron chi connectivity index (χ3n) is 16.7. The molecule has 0 bridgehead atoms. The lowest BCUT2D eigenvalue weighted by atomic mass is 9.93. The molecular weight excluding hydrogens is 1270 g/mol. The number of aromatic nitrogens is 8. The number of nitrogens with one attached hydrogen (secondary N) is 5. The monoisotopic (exact) mass is 1350 g/mol. The van der Waals surface area contributed by atoms with E-state index in [4.69, 9.17) is 33.0 Å². The van der Waals surface area contributed by atoms with Crippen LogP contribution in [0, 0.1) is 27.7 Å². The van der Waals surface area contributed by atoms with Crippen LogP contribution < -0.4 is 21.3 Å². The summed E-state index contributed by atoms with van der Waals surface area (Å²) >= 11 is 13.3. The van der Waals surface area contributed by atoms with Crippen molar-refractivity contribution in [2.45, 2.75) is 124 Å². The normalized spacial score (nSPS) is 12.3. The number of aromatic amines is 1. The van der Waals surface area contributed by atoms with Gasteiger partial charge in [0, 0.05) is 97.9 Å². The summed E-state index contributed by atoms with van der Waals surface area (Å²) in [5.74, 6) is -1.66. The van der Waals surface area contributed by atoms with Crippen molar-refractivity contribution in [2.24, 2.45) is 14.1 Å². The van der Waals surface area contributed by atoms with E-state index >= 15 is 0 Å². The van der Waals surface area contributed by atoms with Crippen molar-refractivity contribution in [3.63, 3.8) is 0 Å². The van der Waals surface area contributed by atoms with E-state index < -0.39 is 55.0 Å². The molecule has 10 rings (SSSR count). The maximum Gasteiger partial charge on any atom is 0.270 e. The third kappa shape index (κ3) is 18.0. The number of carbonyl (C=O) groups excluding carboxylic acids is 4. The second kappa shape index (κ2) is 30.2. The van der Waals surface area contributed by atoms with Gasteiger partial charge in [0.1, 0.15) is 30.2 Å². The van der Waals surface area contributed by atoms with Gasteiger partial charge in [0.05, 0.1) is 22.6 Å². The number of rotatable bonds is 23. The number of hydrogen-bond donors (Lipinski definition) is 7. The van der Waals surface area contributed by atoms with Gasteiger partial charge in [0.25, 0.3) is 11.8 Å². The second-order valence-corrected chi connectivity index (χ2v) is 32.8. The average Bonchev–Trinajstić information content (AvgIpc) is 1.04. The van der Waals surface area contributed by atoms with Gasteiger partial charge < -0.3 is 36.2 Å². The number of carbonyl (C=O) groups is 4. The number of ether oxygens (including phenoxy) is 1. The lowest BCUT2D eigenvalue weighted by molar-refractivity contribution is -0.118. The van der Waals surface area contributed by atoms with E-state index in [0.29, 0.717) is 50.7 Å². The number of nitrogens with zero attached hydrogens (tertiary/aromatic N) is 7. The van der Waals surface area contributed by atoms with Gasteiger partial charge in [0.2, 0.25) is 11.8 Å². The first-order valence-corrected chi connectivity index (χ1v) is 36.1. The van der Waals surface area contributed by atoms with Crippen molar-refractivity contribution in [3.8, 4) is 44.5 Å². The Labute approximate surface area is 571 Å². The Balaban J connectivity index is 0.000000228. The van der Waals surface area contributed by atoms with Crippen LogP contribution >= 0.6 is 23.2 Å². The van der Waals surface area contributed by atoms with Gasteiger partial charge in [-0.1, -0.05) is 116 Å². The third-order valence-corrected chi connectivity index (χ3v) is 19.1. The van der Waals surface area contributed by atoms with Gasteiger partial charge in [-0.15, -0.1) is 0 Å². The highest BCUT2D eigenvalue weighted by atomic mass is 35.5. The fourth-order valence-electron chi connectivity index (χ4n) is 11.1. The highest BCUT2D eigenvalue weighted by Gasteiger charge is 2.28.